The Morgan fingerprint density at radius 3 is 2.61 bits per heavy atom. The normalized spacial score (nSPS) is 12.5. The van der Waals surface area contributed by atoms with Crippen molar-refractivity contribution in [2.24, 2.45) is 0 Å². The standard InChI is InChI=1S/C19H21ClN2O/c1-4-14(3)22-18-10-7-15(20)11-17(18)21-19(22)12-23-16-8-5-13(2)6-9-16/h5-11,14H,4,12H2,1-3H3. The number of ether oxygens (including phenoxy) is 1. The highest BCUT2D eigenvalue weighted by molar-refractivity contribution is 6.31. The first-order valence-corrected chi connectivity index (χ1v) is 8.32. The van der Waals surface area contributed by atoms with Crippen molar-refractivity contribution in [3.8, 4) is 5.75 Å². The van der Waals surface area contributed by atoms with Gasteiger partial charge < -0.3 is 9.30 Å². The van der Waals surface area contributed by atoms with E-state index in [2.05, 4.69) is 25.3 Å². The predicted molar refractivity (Wildman–Crippen MR) is 95.3 cm³/mol. The molecule has 2 aromatic carbocycles. The summed E-state index contributed by atoms with van der Waals surface area (Å²) in [4.78, 5) is 4.73. The maximum absolute atomic E-state index is 6.10. The van der Waals surface area contributed by atoms with E-state index in [0.717, 1.165) is 29.0 Å². The molecular weight excluding hydrogens is 308 g/mol. The van der Waals surface area contributed by atoms with E-state index in [-0.39, 0.29) is 0 Å². The van der Waals surface area contributed by atoms with Gasteiger partial charge in [0.2, 0.25) is 0 Å². The summed E-state index contributed by atoms with van der Waals surface area (Å²) in [6, 6.07) is 14.3. The average molecular weight is 329 g/mol. The molecule has 3 rings (SSSR count). The van der Waals surface area contributed by atoms with Gasteiger partial charge in [0.15, 0.2) is 0 Å². The van der Waals surface area contributed by atoms with Crippen molar-refractivity contribution in [2.45, 2.75) is 39.8 Å². The Labute approximate surface area is 141 Å². The quantitative estimate of drug-likeness (QED) is 0.614. The van der Waals surface area contributed by atoms with E-state index in [0.29, 0.717) is 17.7 Å². The Kier molecular flexibility index (Phi) is 4.58. The highest BCUT2D eigenvalue weighted by atomic mass is 35.5. The van der Waals surface area contributed by atoms with Crippen LogP contribution < -0.4 is 4.74 Å². The molecule has 0 aliphatic rings. The number of aromatic nitrogens is 2. The van der Waals surface area contributed by atoms with Gasteiger partial charge in [0.1, 0.15) is 18.2 Å². The van der Waals surface area contributed by atoms with E-state index >= 15 is 0 Å². The zero-order chi connectivity index (χ0) is 16.4. The Morgan fingerprint density at radius 2 is 1.91 bits per heavy atom. The largest absolute Gasteiger partial charge is 0.486 e. The third-order valence-electron chi connectivity index (χ3n) is 4.15. The molecule has 0 aliphatic carbocycles. The molecule has 0 N–H and O–H groups in total. The molecule has 0 saturated carbocycles. The maximum atomic E-state index is 6.10. The summed E-state index contributed by atoms with van der Waals surface area (Å²) in [5, 5.41) is 0.706. The van der Waals surface area contributed by atoms with Crippen molar-refractivity contribution >= 4 is 22.6 Å². The van der Waals surface area contributed by atoms with Gasteiger partial charge in [0.25, 0.3) is 0 Å². The van der Waals surface area contributed by atoms with Crippen molar-refractivity contribution in [3.05, 3.63) is 58.9 Å². The van der Waals surface area contributed by atoms with Crippen LogP contribution in [-0.2, 0) is 6.61 Å². The lowest BCUT2D eigenvalue weighted by atomic mass is 10.2. The number of imidazole rings is 1. The minimum atomic E-state index is 0.359. The minimum absolute atomic E-state index is 0.359. The van der Waals surface area contributed by atoms with Crippen LogP contribution in [0.5, 0.6) is 5.75 Å². The molecule has 0 amide bonds. The first-order valence-electron chi connectivity index (χ1n) is 7.94. The molecule has 23 heavy (non-hydrogen) atoms. The number of fused-ring (bicyclic) bond motifs is 1. The molecule has 4 heteroatoms. The van der Waals surface area contributed by atoms with Gasteiger partial charge in [-0.1, -0.05) is 36.2 Å². The number of hydrogen-bond acceptors (Lipinski definition) is 2. The second kappa shape index (κ2) is 6.63. The number of halogens is 1. The molecule has 1 aromatic heterocycles. The third kappa shape index (κ3) is 3.35. The van der Waals surface area contributed by atoms with Gasteiger partial charge in [-0.15, -0.1) is 0 Å². The number of benzene rings is 2. The second-order valence-electron chi connectivity index (χ2n) is 5.89. The van der Waals surface area contributed by atoms with Crippen LogP contribution in [0.4, 0.5) is 0 Å². The highest BCUT2D eigenvalue weighted by Gasteiger charge is 2.15. The molecule has 0 bridgehead atoms. The van der Waals surface area contributed by atoms with E-state index in [4.69, 9.17) is 21.3 Å². The Bertz CT molecular complexity index is 808. The number of nitrogens with zero attached hydrogens (tertiary/aromatic N) is 2. The van der Waals surface area contributed by atoms with Gasteiger partial charge in [0, 0.05) is 11.1 Å². The van der Waals surface area contributed by atoms with Crippen molar-refractivity contribution in [3.63, 3.8) is 0 Å². The summed E-state index contributed by atoms with van der Waals surface area (Å²) in [5.74, 6) is 1.79. The predicted octanol–water partition coefficient (Wildman–Crippen LogP) is 5.55. The zero-order valence-electron chi connectivity index (χ0n) is 13.7. The van der Waals surface area contributed by atoms with Gasteiger partial charge in [-0.3, -0.25) is 0 Å². The van der Waals surface area contributed by atoms with Crippen LogP contribution in [0, 0.1) is 6.92 Å². The smallest absolute Gasteiger partial charge is 0.148 e. The van der Waals surface area contributed by atoms with Crippen LogP contribution in [-0.4, -0.2) is 9.55 Å². The van der Waals surface area contributed by atoms with Crippen LogP contribution in [0.15, 0.2) is 42.5 Å². The molecule has 1 heterocycles. The molecule has 0 saturated heterocycles. The molecular formula is C19H21ClN2O. The fourth-order valence-corrected chi connectivity index (χ4v) is 2.85. The Balaban J connectivity index is 1.93. The van der Waals surface area contributed by atoms with Crippen LogP contribution in [0.2, 0.25) is 5.02 Å². The maximum Gasteiger partial charge on any atom is 0.148 e. The summed E-state index contributed by atoms with van der Waals surface area (Å²) >= 11 is 6.10. The highest BCUT2D eigenvalue weighted by Crippen LogP contribution is 2.26. The number of rotatable bonds is 5. The topological polar surface area (TPSA) is 27.1 Å². The van der Waals surface area contributed by atoms with Crippen LogP contribution in [0.1, 0.15) is 37.7 Å². The van der Waals surface area contributed by atoms with E-state index in [9.17, 15) is 0 Å². The van der Waals surface area contributed by atoms with Crippen LogP contribution >= 0.6 is 11.6 Å². The van der Waals surface area contributed by atoms with Crippen LogP contribution in [0.3, 0.4) is 0 Å². The fraction of sp³-hybridized carbons (Fsp3) is 0.316. The monoisotopic (exact) mass is 328 g/mol. The molecule has 3 nitrogen and oxygen atoms in total. The molecule has 0 aliphatic heterocycles. The molecule has 0 spiro atoms. The first kappa shape index (κ1) is 15.9. The molecule has 0 fully saturated rings. The second-order valence-corrected chi connectivity index (χ2v) is 6.33. The zero-order valence-corrected chi connectivity index (χ0v) is 14.5. The lowest BCUT2D eigenvalue weighted by Crippen LogP contribution is -2.11. The van der Waals surface area contributed by atoms with Crippen molar-refractivity contribution < 1.29 is 4.74 Å². The molecule has 120 valence electrons. The molecule has 0 radical (unpaired) electrons. The third-order valence-corrected chi connectivity index (χ3v) is 4.38. The molecule has 1 atom stereocenters. The molecule has 3 aromatic rings. The van der Waals surface area contributed by atoms with E-state index in [1.807, 2.05) is 42.5 Å². The van der Waals surface area contributed by atoms with Gasteiger partial charge in [-0.25, -0.2) is 4.98 Å². The minimum Gasteiger partial charge on any atom is -0.486 e. The Hall–Kier alpha value is -2.00. The van der Waals surface area contributed by atoms with Gasteiger partial charge in [-0.05, 0) is 50.6 Å². The summed E-state index contributed by atoms with van der Waals surface area (Å²) in [6.45, 7) is 6.89. The van der Waals surface area contributed by atoms with Gasteiger partial charge >= 0.3 is 0 Å². The van der Waals surface area contributed by atoms with Crippen LogP contribution in [0.25, 0.3) is 11.0 Å². The van der Waals surface area contributed by atoms with E-state index in [1.165, 1.54) is 5.56 Å². The lowest BCUT2D eigenvalue weighted by Gasteiger charge is -2.16. The summed E-state index contributed by atoms with van der Waals surface area (Å²) in [6.07, 6.45) is 1.03. The molecule has 1 unspecified atom stereocenters. The SMILES string of the molecule is CCC(C)n1c(COc2ccc(C)cc2)nc2cc(Cl)ccc21. The summed E-state index contributed by atoms with van der Waals surface area (Å²) < 4.78 is 8.18. The van der Waals surface area contributed by atoms with E-state index in [1.54, 1.807) is 0 Å². The first-order chi connectivity index (χ1) is 11.1. The Morgan fingerprint density at radius 1 is 1.17 bits per heavy atom. The summed E-state index contributed by atoms with van der Waals surface area (Å²) in [5.41, 5.74) is 3.24. The van der Waals surface area contributed by atoms with Crippen molar-refractivity contribution in [1.82, 2.24) is 9.55 Å². The van der Waals surface area contributed by atoms with Crippen molar-refractivity contribution in [2.75, 3.05) is 0 Å². The number of aryl methyl sites for hydroxylation is 1. The summed E-state index contributed by atoms with van der Waals surface area (Å²) in [7, 11) is 0. The van der Waals surface area contributed by atoms with Gasteiger partial charge in [0.05, 0.1) is 11.0 Å². The van der Waals surface area contributed by atoms with Crippen molar-refractivity contribution in [1.29, 1.82) is 0 Å². The van der Waals surface area contributed by atoms with E-state index < -0.39 is 0 Å². The fourth-order valence-electron chi connectivity index (χ4n) is 2.68. The van der Waals surface area contributed by atoms with Gasteiger partial charge in [-0.2, -0.15) is 0 Å². The number of hydrogen-bond donors (Lipinski definition) is 0. The lowest BCUT2D eigenvalue weighted by molar-refractivity contribution is 0.285. The average Bonchev–Trinajstić information content (AvgIpc) is 2.91.